The molecule has 0 radical (unpaired) electrons. The van der Waals surface area contributed by atoms with Gasteiger partial charge in [-0.2, -0.15) is 0 Å². The number of rotatable bonds is 3. The van der Waals surface area contributed by atoms with E-state index in [4.69, 9.17) is 4.42 Å². The lowest BCUT2D eigenvalue weighted by atomic mass is 9.90. The molecular formula is C20H24N2O2. The van der Waals surface area contributed by atoms with Crippen LogP contribution in [-0.2, 0) is 19.4 Å². The second-order valence-corrected chi connectivity index (χ2v) is 6.84. The average Bonchev–Trinajstić information content (AvgIpc) is 3.14. The standard InChI is InChI=1S/C20H24N2O2/c23-20(18-8-7-16-4-1-2-5-17(16)14-18)22-11-9-21(10-12-22)15-19-6-3-13-24-19/h3,6-8,13-14H,1-2,4-5,9-12,15H2. The molecule has 1 amide bonds. The molecule has 1 aromatic heterocycles. The maximum atomic E-state index is 12.8. The van der Waals surface area contributed by atoms with Crippen LogP contribution in [0.25, 0.3) is 0 Å². The summed E-state index contributed by atoms with van der Waals surface area (Å²) in [4.78, 5) is 17.1. The number of carbonyl (C=O) groups is 1. The molecule has 0 N–H and O–H groups in total. The summed E-state index contributed by atoms with van der Waals surface area (Å²) in [6, 6.07) is 10.2. The van der Waals surface area contributed by atoms with Gasteiger partial charge in [0.1, 0.15) is 5.76 Å². The number of fused-ring (bicyclic) bond motifs is 1. The maximum Gasteiger partial charge on any atom is 0.253 e. The summed E-state index contributed by atoms with van der Waals surface area (Å²) < 4.78 is 5.41. The molecule has 4 rings (SSSR count). The monoisotopic (exact) mass is 324 g/mol. The van der Waals surface area contributed by atoms with Crippen LogP contribution in [0.2, 0.25) is 0 Å². The Bertz CT molecular complexity index is 700. The average molecular weight is 324 g/mol. The molecule has 2 heterocycles. The Morgan fingerprint density at radius 3 is 2.54 bits per heavy atom. The van der Waals surface area contributed by atoms with Crippen molar-refractivity contribution in [1.29, 1.82) is 0 Å². The van der Waals surface area contributed by atoms with Crippen molar-refractivity contribution in [3.05, 3.63) is 59.0 Å². The molecule has 2 aromatic rings. The molecule has 0 spiro atoms. The van der Waals surface area contributed by atoms with Crippen molar-refractivity contribution in [2.75, 3.05) is 26.2 Å². The van der Waals surface area contributed by atoms with E-state index in [0.717, 1.165) is 56.9 Å². The molecular weight excluding hydrogens is 300 g/mol. The number of carbonyl (C=O) groups excluding carboxylic acids is 1. The fraction of sp³-hybridized carbons (Fsp3) is 0.450. The van der Waals surface area contributed by atoms with Crippen LogP contribution in [0.15, 0.2) is 41.0 Å². The van der Waals surface area contributed by atoms with Crippen molar-refractivity contribution >= 4 is 5.91 Å². The maximum absolute atomic E-state index is 12.8. The molecule has 2 aliphatic rings. The Morgan fingerprint density at radius 2 is 1.79 bits per heavy atom. The number of aryl methyl sites for hydroxylation is 2. The highest BCUT2D eigenvalue weighted by atomic mass is 16.3. The molecule has 4 nitrogen and oxygen atoms in total. The SMILES string of the molecule is O=C(c1ccc2c(c1)CCCC2)N1CCN(Cc2ccco2)CC1. The fourth-order valence-corrected chi connectivity index (χ4v) is 3.78. The van der Waals surface area contributed by atoms with Gasteiger partial charge in [-0.15, -0.1) is 0 Å². The number of amides is 1. The van der Waals surface area contributed by atoms with E-state index in [1.807, 2.05) is 23.1 Å². The molecule has 4 heteroatoms. The van der Waals surface area contributed by atoms with Gasteiger partial charge < -0.3 is 9.32 Å². The number of furan rings is 1. The number of piperazine rings is 1. The van der Waals surface area contributed by atoms with Gasteiger partial charge in [0, 0.05) is 31.7 Å². The van der Waals surface area contributed by atoms with E-state index >= 15 is 0 Å². The summed E-state index contributed by atoms with van der Waals surface area (Å²) in [7, 11) is 0. The first-order valence-corrected chi connectivity index (χ1v) is 8.95. The molecule has 1 aliphatic carbocycles. The third kappa shape index (κ3) is 3.24. The lowest BCUT2D eigenvalue weighted by Crippen LogP contribution is -2.48. The number of hydrogen-bond acceptors (Lipinski definition) is 3. The van der Waals surface area contributed by atoms with Crippen LogP contribution in [0.3, 0.4) is 0 Å². The summed E-state index contributed by atoms with van der Waals surface area (Å²) in [5, 5.41) is 0. The van der Waals surface area contributed by atoms with Crippen LogP contribution < -0.4 is 0 Å². The van der Waals surface area contributed by atoms with Gasteiger partial charge in [-0.25, -0.2) is 0 Å². The molecule has 0 bridgehead atoms. The van der Waals surface area contributed by atoms with Crippen LogP contribution >= 0.6 is 0 Å². The van der Waals surface area contributed by atoms with Crippen LogP contribution in [0.5, 0.6) is 0 Å². The van der Waals surface area contributed by atoms with Gasteiger partial charge in [0.25, 0.3) is 5.91 Å². The Balaban J connectivity index is 1.37. The smallest absolute Gasteiger partial charge is 0.253 e. The van der Waals surface area contributed by atoms with Gasteiger partial charge in [-0.05, 0) is 61.1 Å². The zero-order valence-electron chi connectivity index (χ0n) is 14.0. The highest BCUT2D eigenvalue weighted by Gasteiger charge is 2.23. The first-order chi connectivity index (χ1) is 11.8. The number of benzene rings is 1. The summed E-state index contributed by atoms with van der Waals surface area (Å²) in [6.45, 7) is 4.20. The van der Waals surface area contributed by atoms with Gasteiger partial charge in [0.2, 0.25) is 0 Å². The van der Waals surface area contributed by atoms with Gasteiger partial charge >= 0.3 is 0 Å². The highest BCUT2D eigenvalue weighted by Crippen LogP contribution is 2.23. The molecule has 0 unspecified atom stereocenters. The van der Waals surface area contributed by atoms with Gasteiger partial charge in [0.05, 0.1) is 12.8 Å². The molecule has 24 heavy (non-hydrogen) atoms. The summed E-state index contributed by atoms with van der Waals surface area (Å²) >= 11 is 0. The predicted molar refractivity (Wildman–Crippen MR) is 93.0 cm³/mol. The summed E-state index contributed by atoms with van der Waals surface area (Å²) in [5.74, 6) is 1.17. The Labute approximate surface area is 143 Å². The van der Waals surface area contributed by atoms with Gasteiger partial charge in [0.15, 0.2) is 0 Å². The molecule has 1 aliphatic heterocycles. The Hall–Kier alpha value is -2.07. The lowest BCUT2D eigenvalue weighted by Gasteiger charge is -2.34. The van der Waals surface area contributed by atoms with Gasteiger partial charge in [-0.1, -0.05) is 6.07 Å². The normalized spacial score (nSPS) is 18.4. The molecule has 1 saturated heterocycles. The van der Waals surface area contributed by atoms with E-state index in [0.29, 0.717) is 0 Å². The molecule has 126 valence electrons. The number of nitrogens with zero attached hydrogens (tertiary/aromatic N) is 2. The molecule has 0 saturated carbocycles. The first-order valence-electron chi connectivity index (χ1n) is 8.95. The van der Waals surface area contributed by atoms with Crippen LogP contribution in [0.1, 0.15) is 40.1 Å². The fourth-order valence-electron chi connectivity index (χ4n) is 3.78. The van der Waals surface area contributed by atoms with Crippen LogP contribution in [0, 0.1) is 0 Å². The molecule has 0 atom stereocenters. The van der Waals surface area contributed by atoms with Crippen molar-refractivity contribution in [2.45, 2.75) is 32.2 Å². The topological polar surface area (TPSA) is 36.7 Å². The highest BCUT2D eigenvalue weighted by molar-refractivity contribution is 5.94. The van der Waals surface area contributed by atoms with Crippen molar-refractivity contribution < 1.29 is 9.21 Å². The van der Waals surface area contributed by atoms with Crippen molar-refractivity contribution in [2.24, 2.45) is 0 Å². The van der Waals surface area contributed by atoms with E-state index in [9.17, 15) is 4.79 Å². The zero-order chi connectivity index (χ0) is 16.4. The van der Waals surface area contributed by atoms with Crippen LogP contribution in [0.4, 0.5) is 0 Å². The zero-order valence-corrected chi connectivity index (χ0v) is 14.0. The third-order valence-corrected chi connectivity index (χ3v) is 5.21. The minimum atomic E-state index is 0.182. The summed E-state index contributed by atoms with van der Waals surface area (Å²) in [6.07, 6.45) is 6.52. The van der Waals surface area contributed by atoms with Gasteiger partial charge in [-0.3, -0.25) is 9.69 Å². The largest absolute Gasteiger partial charge is 0.468 e. The predicted octanol–water partition coefficient (Wildman–Crippen LogP) is 3.12. The third-order valence-electron chi connectivity index (χ3n) is 5.21. The second kappa shape index (κ2) is 6.81. The van der Waals surface area contributed by atoms with Crippen molar-refractivity contribution in [3.63, 3.8) is 0 Å². The first kappa shape index (κ1) is 15.5. The Morgan fingerprint density at radius 1 is 1.00 bits per heavy atom. The minimum absolute atomic E-state index is 0.182. The van der Waals surface area contributed by atoms with E-state index in [2.05, 4.69) is 17.0 Å². The molecule has 1 aromatic carbocycles. The van der Waals surface area contributed by atoms with E-state index < -0.39 is 0 Å². The van der Waals surface area contributed by atoms with E-state index in [1.165, 1.54) is 24.0 Å². The number of hydrogen-bond donors (Lipinski definition) is 0. The lowest BCUT2D eigenvalue weighted by molar-refractivity contribution is 0.0620. The van der Waals surface area contributed by atoms with Crippen LogP contribution in [-0.4, -0.2) is 41.9 Å². The van der Waals surface area contributed by atoms with E-state index in [-0.39, 0.29) is 5.91 Å². The van der Waals surface area contributed by atoms with E-state index in [1.54, 1.807) is 6.26 Å². The molecule has 1 fully saturated rings. The Kier molecular flexibility index (Phi) is 4.39. The minimum Gasteiger partial charge on any atom is -0.468 e. The quantitative estimate of drug-likeness (QED) is 0.870. The summed E-state index contributed by atoms with van der Waals surface area (Å²) in [5.41, 5.74) is 3.67. The second-order valence-electron chi connectivity index (χ2n) is 6.84. The van der Waals surface area contributed by atoms with Crippen molar-refractivity contribution in [1.82, 2.24) is 9.80 Å². The van der Waals surface area contributed by atoms with Crippen molar-refractivity contribution in [3.8, 4) is 0 Å².